The van der Waals surface area contributed by atoms with Gasteiger partial charge in [-0.15, -0.1) is 0 Å². The largest absolute Gasteiger partial charge is 0.295 e. The number of halogens is 1. The Morgan fingerprint density at radius 3 is 1.46 bits per heavy atom. The molecule has 24 heavy (non-hydrogen) atoms. The van der Waals surface area contributed by atoms with E-state index in [2.05, 4.69) is 15.9 Å². The van der Waals surface area contributed by atoms with E-state index < -0.39 is 0 Å². The van der Waals surface area contributed by atoms with E-state index in [1.165, 1.54) is 6.92 Å². The number of hydrogen-bond donors (Lipinski definition) is 0. The molecule has 2 nitrogen and oxygen atoms in total. The van der Waals surface area contributed by atoms with E-state index >= 15 is 0 Å². The monoisotopic (exact) mass is 378 g/mol. The van der Waals surface area contributed by atoms with Gasteiger partial charge in [0.25, 0.3) is 0 Å². The minimum Gasteiger partial charge on any atom is -0.295 e. The van der Waals surface area contributed by atoms with Crippen molar-refractivity contribution < 1.29 is 9.59 Å². The molecule has 0 N–H and O–H groups in total. The van der Waals surface area contributed by atoms with Crippen molar-refractivity contribution in [3.05, 3.63) is 94.0 Å². The molecule has 3 aromatic carbocycles. The number of rotatable bonds is 4. The molecule has 0 atom stereocenters. The maximum Gasteiger partial charge on any atom is 0.193 e. The van der Waals surface area contributed by atoms with E-state index in [1.54, 1.807) is 24.3 Å². The van der Waals surface area contributed by atoms with Crippen molar-refractivity contribution >= 4 is 27.5 Å². The van der Waals surface area contributed by atoms with Gasteiger partial charge in [-0.1, -0.05) is 76.6 Å². The molecule has 0 aliphatic carbocycles. The second-order valence-corrected chi connectivity index (χ2v) is 6.46. The summed E-state index contributed by atoms with van der Waals surface area (Å²) < 4.78 is 1.03. The van der Waals surface area contributed by atoms with Crippen molar-refractivity contribution in [1.29, 1.82) is 0 Å². The number of carbonyl (C=O) groups is 2. The average molecular weight is 379 g/mol. The van der Waals surface area contributed by atoms with Crippen LogP contribution in [0.5, 0.6) is 0 Å². The molecule has 118 valence electrons. The van der Waals surface area contributed by atoms with Crippen LogP contribution in [0.4, 0.5) is 0 Å². The van der Waals surface area contributed by atoms with Crippen LogP contribution in [0.15, 0.2) is 77.3 Å². The molecule has 0 saturated carbocycles. The average Bonchev–Trinajstić information content (AvgIpc) is 2.62. The smallest absolute Gasteiger partial charge is 0.193 e. The zero-order valence-corrected chi connectivity index (χ0v) is 14.7. The lowest BCUT2D eigenvalue weighted by molar-refractivity contribution is 0.101. The molecular weight excluding hydrogens is 364 g/mol. The molecule has 0 fully saturated rings. The fourth-order valence-corrected chi connectivity index (χ4v) is 2.74. The highest BCUT2D eigenvalue weighted by molar-refractivity contribution is 9.10. The van der Waals surface area contributed by atoms with Crippen LogP contribution in [0.25, 0.3) is 11.1 Å². The van der Waals surface area contributed by atoms with Crippen LogP contribution in [0.1, 0.15) is 33.2 Å². The van der Waals surface area contributed by atoms with Gasteiger partial charge >= 0.3 is 0 Å². The molecule has 0 amide bonds. The van der Waals surface area contributed by atoms with Gasteiger partial charge < -0.3 is 0 Å². The molecule has 0 aliphatic heterocycles. The van der Waals surface area contributed by atoms with E-state index in [0.717, 1.165) is 15.6 Å². The number of benzene rings is 3. The van der Waals surface area contributed by atoms with E-state index in [0.29, 0.717) is 16.7 Å². The Bertz CT molecular complexity index is 877. The van der Waals surface area contributed by atoms with E-state index in [4.69, 9.17) is 0 Å². The van der Waals surface area contributed by atoms with Crippen LogP contribution < -0.4 is 0 Å². The van der Waals surface area contributed by atoms with Gasteiger partial charge in [-0.2, -0.15) is 0 Å². The van der Waals surface area contributed by atoms with Gasteiger partial charge in [0.1, 0.15) is 0 Å². The summed E-state index contributed by atoms with van der Waals surface area (Å²) in [7, 11) is 0. The van der Waals surface area contributed by atoms with Gasteiger partial charge in [-0.25, -0.2) is 0 Å². The quantitative estimate of drug-likeness (QED) is 0.557. The summed E-state index contributed by atoms with van der Waals surface area (Å²) in [6, 6.07) is 22.4. The van der Waals surface area contributed by atoms with Crippen LogP contribution in [0, 0.1) is 0 Å². The highest BCUT2D eigenvalue weighted by Crippen LogP contribution is 2.23. The Balaban J connectivity index is 1.83. The van der Waals surface area contributed by atoms with Crippen molar-refractivity contribution in [1.82, 2.24) is 0 Å². The molecule has 0 saturated heterocycles. The van der Waals surface area contributed by atoms with E-state index in [-0.39, 0.29) is 11.6 Å². The van der Waals surface area contributed by atoms with Crippen molar-refractivity contribution in [3.63, 3.8) is 0 Å². The zero-order chi connectivity index (χ0) is 17.1. The maximum atomic E-state index is 12.5. The molecule has 0 bridgehead atoms. The third-order valence-electron chi connectivity index (χ3n) is 3.88. The first-order chi connectivity index (χ1) is 11.5. The van der Waals surface area contributed by atoms with Gasteiger partial charge in [0.2, 0.25) is 0 Å². The standard InChI is InChI=1S/C21H15BrO2/c1-14(23)15-2-6-18(7-3-15)21(24)19-8-4-16(5-9-19)17-10-12-20(22)13-11-17/h2-13H,1H3. The number of Topliss-reactive ketones (excluding diaryl/α,β-unsaturated/α-hetero) is 1. The lowest BCUT2D eigenvalue weighted by Gasteiger charge is -2.05. The Labute approximate surface area is 149 Å². The number of carbonyl (C=O) groups excluding carboxylic acids is 2. The summed E-state index contributed by atoms with van der Waals surface area (Å²) in [6.45, 7) is 1.51. The summed E-state index contributed by atoms with van der Waals surface area (Å²) in [5.41, 5.74) is 3.98. The highest BCUT2D eigenvalue weighted by atomic mass is 79.9. The SMILES string of the molecule is CC(=O)c1ccc(C(=O)c2ccc(-c3ccc(Br)cc3)cc2)cc1. The maximum absolute atomic E-state index is 12.5. The Morgan fingerprint density at radius 2 is 1.00 bits per heavy atom. The van der Waals surface area contributed by atoms with Crippen molar-refractivity contribution in [2.75, 3.05) is 0 Å². The first-order valence-electron chi connectivity index (χ1n) is 7.56. The minimum atomic E-state index is -0.0486. The fraction of sp³-hybridized carbons (Fsp3) is 0.0476. The molecule has 3 heteroatoms. The van der Waals surface area contributed by atoms with Gasteiger partial charge in [-0.3, -0.25) is 9.59 Å². The van der Waals surface area contributed by atoms with Gasteiger partial charge in [-0.05, 0) is 30.2 Å². The predicted molar refractivity (Wildman–Crippen MR) is 99.5 cm³/mol. The molecular formula is C21H15BrO2. The summed E-state index contributed by atoms with van der Waals surface area (Å²) in [4.78, 5) is 23.8. The highest BCUT2D eigenvalue weighted by Gasteiger charge is 2.10. The summed E-state index contributed by atoms with van der Waals surface area (Å²) in [5.74, 6) is -0.0553. The molecule has 3 aromatic rings. The predicted octanol–water partition coefficient (Wildman–Crippen LogP) is 5.55. The van der Waals surface area contributed by atoms with Gasteiger partial charge in [0.15, 0.2) is 11.6 Å². The Morgan fingerprint density at radius 1 is 0.625 bits per heavy atom. The molecule has 0 unspecified atom stereocenters. The molecule has 3 rings (SSSR count). The van der Waals surface area contributed by atoms with Crippen LogP contribution in [0.2, 0.25) is 0 Å². The summed E-state index contributed by atoms with van der Waals surface area (Å²) >= 11 is 3.42. The lowest BCUT2D eigenvalue weighted by atomic mass is 9.98. The molecule has 0 aromatic heterocycles. The third-order valence-corrected chi connectivity index (χ3v) is 4.41. The van der Waals surface area contributed by atoms with Crippen molar-refractivity contribution in [3.8, 4) is 11.1 Å². The third kappa shape index (κ3) is 3.52. The first kappa shape index (κ1) is 16.3. The number of hydrogen-bond acceptors (Lipinski definition) is 2. The molecule has 0 spiro atoms. The van der Waals surface area contributed by atoms with E-state index in [1.807, 2.05) is 48.5 Å². The fourth-order valence-electron chi connectivity index (χ4n) is 2.48. The Kier molecular flexibility index (Phi) is 4.72. The summed E-state index contributed by atoms with van der Waals surface area (Å²) in [5, 5.41) is 0. The van der Waals surface area contributed by atoms with Gasteiger partial charge in [0.05, 0.1) is 0 Å². The molecule has 0 radical (unpaired) electrons. The molecule has 0 aliphatic rings. The van der Waals surface area contributed by atoms with Crippen LogP contribution in [0.3, 0.4) is 0 Å². The van der Waals surface area contributed by atoms with Crippen molar-refractivity contribution in [2.24, 2.45) is 0 Å². The zero-order valence-electron chi connectivity index (χ0n) is 13.1. The summed E-state index contributed by atoms with van der Waals surface area (Å²) in [6.07, 6.45) is 0. The van der Waals surface area contributed by atoms with Crippen molar-refractivity contribution in [2.45, 2.75) is 6.92 Å². The van der Waals surface area contributed by atoms with Crippen LogP contribution in [-0.4, -0.2) is 11.6 Å². The Hall–Kier alpha value is -2.52. The van der Waals surface area contributed by atoms with Gasteiger partial charge in [0, 0.05) is 21.2 Å². The first-order valence-corrected chi connectivity index (χ1v) is 8.35. The number of ketones is 2. The lowest BCUT2D eigenvalue weighted by Crippen LogP contribution is -2.02. The second-order valence-electron chi connectivity index (χ2n) is 5.55. The molecule has 0 heterocycles. The van der Waals surface area contributed by atoms with Crippen LogP contribution in [-0.2, 0) is 0 Å². The second kappa shape index (κ2) is 6.93. The normalized spacial score (nSPS) is 10.4. The minimum absolute atomic E-state index is 0.00662. The van der Waals surface area contributed by atoms with E-state index in [9.17, 15) is 9.59 Å². The van der Waals surface area contributed by atoms with Crippen LogP contribution >= 0.6 is 15.9 Å². The topological polar surface area (TPSA) is 34.1 Å².